The fourth-order valence-electron chi connectivity index (χ4n) is 3.07. The first-order valence-electron chi connectivity index (χ1n) is 8.38. The zero-order valence-corrected chi connectivity index (χ0v) is 14.3. The summed E-state index contributed by atoms with van der Waals surface area (Å²) in [5.74, 6) is 0.465. The largest absolute Gasteiger partial charge is 0.494 e. The van der Waals surface area contributed by atoms with Crippen LogP contribution in [-0.4, -0.2) is 51.5 Å². The number of unbranched alkanes of at least 4 members (excludes halogenated alkanes) is 1. The summed E-state index contributed by atoms with van der Waals surface area (Å²) in [7, 11) is 1.38. The van der Waals surface area contributed by atoms with Crippen molar-refractivity contribution in [2.45, 2.75) is 38.9 Å². The van der Waals surface area contributed by atoms with Crippen molar-refractivity contribution in [2.24, 2.45) is 0 Å². The van der Waals surface area contributed by atoms with E-state index in [9.17, 15) is 4.79 Å². The van der Waals surface area contributed by atoms with Crippen molar-refractivity contribution in [3.05, 3.63) is 29.8 Å². The van der Waals surface area contributed by atoms with E-state index in [1.807, 2.05) is 12.1 Å². The molecular formula is C18H28NO4+. The molecule has 0 bridgehead atoms. The second kappa shape index (κ2) is 8.89. The summed E-state index contributed by atoms with van der Waals surface area (Å²) in [6, 6.07) is 7.06. The number of rotatable bonds is 7. The van der Waals surface area contributed by atoms with E-state index in [0.717, 1.165) is 31.7 Å². The van der Waals surface area contributed by atoms with Crippen molar-refractivity contribution < 1.29 is 23.9 Å². The van der Waals surface area contributed by atoms with Crippen LogP contribution in [0.5, 0.6) is 5.75 Å². The molecule has 1 aliphatic heterocycles. The quantitative estimate of drug-likeness (QED) is 0.608. The van der Waals surface area contributed by atoms with Gasteiger partial charge in [0.25, 0.3) is 0 Å². The Hall–Kier alpha value is -1.59. The highest BCUT2D eigenvalue weighted by Crippen LogP contribution is 2.13. The van der Waals surface area contributed by atoms with Crippen molar-refractivity contribution in [1.29, 1.82) is 0 Å². The van der Waals surface area contributed by atoms with Crippen LogP contribution in [0.3, 0.4) is 0 Å². The Bertz CT molecular complexity index is 478. The van der Waals surface area contributed by atoms with Crippen LogP contribution in [0.1, 0.15) is 37.0 Å². The third-order valence-electron chi connectivity index (χ3n) is 4.09. The molecular weight excluding hydrogens is 294 g/mol. The van der Waals surface area contributed by atoms with E-state index >= 15 is 0 Å². The van der Waals surface area contributed by atoms with Crippen LogP contribution in [0.25, 0.3) is 0 Å². The molecule has 0 aliphatic carbocycles. The third kappa shape index (κ3) is 5.84. The van der Waals surface area contributed by atoms with Crippen LogP contribution in [0.2, 0.25) is 0 Å². The van der Waals surface area contributed by atoms with Gasteiger partial charge in [0.2, 0.25) is 0 Å². The molecule has 1 N–H and O–H groups in total. The van der Waals surface area contributed by atoms with Gasteiger partial charge in [0.1, 0.15) is 31.0 Å². The molecule has 2 rings (SSSR count). The van der Waals surface area contributed by atoms with Crippen LogP contribution in [0, 0.1) is 0 Å². The molecule has 0 amide bonds. The number of ether oxygens (including phenoxy) is 3. The van der Waals surface area contributed by atoms with Crippen LogP contribution in [0.15, 0.2) is 24.3 Å². The maximum absolute atomic E-state index is 11.3. The summed E-state index contributed by atoms with van der Waals surface area (Å²) >= 11 is 0. The second-order valence-electron chi connectivity index (χ2n) is 6.24. The summed E-state index contributed by atoms with van der Waals surface area (Å²) in [5.41, 5.74) is 0.541. The van der Waals surface area contributed by atoms with Crippen molar-refractivity contribution in [3.8, 4) is 5.75 Å². The Balaban J connectivity index is 1.63. The zero-order valence-electron chi connectivity index (χ0n) is 14.3. The number of morpholine rings is 1. The number of nitrogens with one attached hydrogen (secondary N) is 1. The van der Waals surface area contributed by atoms with Gasteiger partial charge in [0, 0.05) is 0 Å². The molecule has 23 heavy (non-hydrogen) atoms. The summed E-state index contributed by atoms with van der Waals surface area (Å²) < 4.78 is 16.1. The predicted octanol–water partition coefficient (Wildman–Crippen LogP) is 1.32. The lowest BCUT2D eigenvalue weighted by molar-refractivity contribution is -0.915. The van der Waals surface area contributed by atoms with E-state index in [0.29, 0.717) is 24.4 Å². The Morgan fingerprint density at radius 1 is 1.17 bits per heavy atom. The highest BCUT2D eigenvalue weighted by Gasteiger charge is 2.24. The van der Waals surface area contributed by atoms with Gasteiger partial charge < -0.3 is 19.1 Å². The van der Waals surface area contributed by atoms with Crippen molar-refractivity contribution >= 4 is 5.97 Å². The average molecular weight is 322 g/mol. The average Bonchev–Trinajstić information content (AvgIpc) is 2.53. The first kappa shape index (κ1) is 17.8. The molecule has 1 heterocycles. The molecule has 5 nitrogen and oxygen atoms in total. The maximum Gasteiger partial charge on any atom is 0.337 e. The van der Waals surface area contributed by atoms with Gasteiger partial charge in [-0.15, -0.1) is 0 Å². The van der Waals surface area contributed by atoms with Gasteiger partial charge in [0.15, 0.2) is 0 Å². The van der Waals surface area contributed by atoms with Crippen LogP contribution >= 0.6 is 0 Å². The van der Waals surface area contributed by atoms with Crippen molar-refractivity contribution in [2.75, 3.05) is 33.4 Å². The number of methoxy groups -OCH3 is 1. The first-order chi connectivity index (χ1) is 11.1. The van der Waals surface area contributed by atoms with E-state index in [1.165, 1.54) is 13.7 Å². The first-order valence-corrected chi connectivity index (χ1v) is 8.38. The SMILES string of the molecule is COC(=O)c1ccc(OCCCC[NH+]2C[C@@H](C)O[C@H](C)C2)cc1. The van der Waals surface area contributed by atoms with Crippen molar-refractivity contribution in [1.82, 2.24) is 0 Å². The number of esters is 1. The second-order valence-corrected chi connectivity index (χ2v) is 6.24. The third-order valence-corrected chi connectivity index (χ3v) is 4.09. The van der Waals surface area contributed by atoms with E-state index in [-0.39, 0.29) is 5.97 Å². The lowest BCUT2D eigenvalue weighted by atomic mass is 10.2. The molecule has 1 fully saturated rings. The monoisotopic (exact) mass is 322 g/mol. The van der Waals surface area contributed by atoms with Gasteiger partial charge in [-0.2, -0.15) is 0 Å². The molecule has 5 heteroatoms. The molecule has 2 atom stereocenters. The number of quaternary nitrogens is 1. The lowest BCUT2D eigenvalue weighted by Crippen LogP contribution is -3.15. The van der Waals surface area contributed by atoms with Crippen LogP contribution < -0.4 is 9.64 Å². The predicted molar refractivity (Wildman–Crippen MR) is 88.1 cm³/mol. The lowest BCUT2D eigenvalue weighted by Gasteiger charge is -2.32. The minimum atomic E-state index is -0.325. The van der Waals surface area contributed by atoms with Gasteiger partial charge in [-0.3, -0.25) is 0 Å². The minimum Gasteiger partial charge on any atom is -0.494 e. The minimum absolute atomic E-state index is 0.325. The smallest absolute Gasteiger partial charge is 0.337 e. The number of hydrogen-bond donors (Lipinski definition) is 1. The molecule has 0 aromatic heterocycles. The molecule has 0 spiro atoms. The number of benzene rings is 1. The van der Waals surface area contributed by atoms with E-state index < -0.39 is 0 Å². The van der Waals surface area contributed by atoms with Crippen molar-refractivity contribution in [3.63, 3.8) is 0 Å². The summed E-state index contributed by atoms with van der Waals surface area (Å²) in [6.07, 6.45) is 2.90. The van der Waals surface area contributed by atoms with Gasteiger partial charge >= 0.3 is 5.97 Å². The molecule has 1 aromatic carbocycles. The normalized spacial score (nSPS) is 24.2. The summed E-state index contributed by atoms with van der Waals surface area (Å²) in [5, 5.41) is 0. The van der Waals surface area contributed by atoms with E-state index in [1.54, 1.807) is 17.0 Å². The maximum atomic E-state index is 11.3. The highest BCUT2D eigenvalue weighted by molar-refractivity contribution is 5.89. The number of carbonyl (C=O) groups is 1. The fraction of sp³-hybridized carbons (Fsp3) is 0.611. The standard InChI is InChI=1S/C18H27NO4/c1-14-12-19(13-15(2)23-14)10-4-5-11-22-17-8-6-16(7-9-17)18(20)21-3/h6-9,14-15H,4-5,10-13H2,1-3H3/p+1/t14-,15-/m1/s1. The highest BCUT2D eigenvalue weighted by atomic mass is 16.5. The Morgan fingerprint density at radius 3 is 2.43 bits per heavy atom. The summed E-state index contributed by atoms with van der Waals surface area (Å²) in [4.78, 5) is 13.0. The molecule has 0 unspecified atom stereocenters. The molecule has 1 saturated heterocycles. The molecule has 1 aliphatic rings. The number of hydrogen-bond acceptors (Lipinski definition) is 4. The van der Waals surface area contributed by atoms with Gasteiger partial charge in [0.05, 0.1) is 25.8 Å². The van der Waals surface area contributed by atoms with E-state index in [4.69, 9.17) is 9.47 Å². The Morgan fingerprint density at radius 2 is 1.83 bits per heavy atom. The fourth-order valence-corrected chi connectivity index (χ4v) is 3.07. The Kier molecular flexibility index (Phi) is 6.86. The topological polar surface area (TPSA) is 49.2 Å². The Labute approximate surface area is 138 Å². The van der Waals surface area contributed by atoms with Crippen LogP contribution in [-0.2, 0) is 9.47 Å². The van der Waals surface area contributed by atoms with Crippen LogP contribution in [0.4, 0.5) is 0 Å². The summed E-state index contributed by atoms with van der Waals surface area (Å²) in [6.45, 7) is 8.36. The molecule has 0 saturated carbocycles. The van der Waals surface area contributed by atoms with Gasteiger partial charge in [-0.05, 0) is 51.0 Å². The molecule has 128 valence electrons. The van der Waals surface area contributed by atoms with E-state index in [2.05, 4.69) is 18.6 Å². The van der Waals surface area contributed by atoms with Gasteiger partial charge in [-0.25, -0.2) is 4.79 Å². The molecule has 1 aromatic rings. The number of carbonyl (C=O) groups excluding carboxylic acids is 1. The zero-order chi connectivity index (χ0) is 16.7. The van der Waals surface area contributed by atoms with Gasteiger partial charge in [-0.1, -0.05) is 0 Å². The molecule has 0 radical (unpaired) electrons.